The minimum Gasteiger partial charge on any atom is -0.307 e. The van der Waals surface area contributed by atoms with E-state index in [1.54, 1.807) is 30.3 Å². The molecule has 0 aliphatic heterocycles. The van der Waals surface area contributed by atoms with Gasteiger partial charge in [-0.1, -0.05) is 30.3 Å². The number of nitrogens with zero attached hydrogens (tertiary/aromatic N) is 2. The number of hydrogen-bond acceptors (Lipinski definition) is 4. The zero-order chi connectivity index (χ0) is 20.9. The van der Waals surface area contributed by atoms with Crippen molar-refractivity contribution < 1.29 is 17.6 Å². The van der Waals surface area contributed by atoms with Crippen LogP contribution >= 0.6 is 0 Å². The molecule has 0 aromatic heterocycles. The van der Waals surface area contributed by atoms with Crippen LogP contribution in [0.15, 0.2) is 54.6 Å². The second-order valence-corrected chi connectivity index (χ2v) is 9.20. The number of rotatable bonds is 6. The third-order valence-corrected chi connectivity index (χ3v) is 6.31. The molecule has 0 saturated heterocycles. The van der Waals surface area contributed by atoms with E-state index in [2.05, 4.69) is 5.32 Å². The highest BCUT2D eigenvalue weighted by Crippen LogP contribution is 2.28. The summed E-state index contributed by atoms with van der Waals surface area (Å²) in [5.41, 5.74) is -1.12. The topological polar surface area (TPSA) is 90.3 Å². The molecule has 0 saturated carbocycles. The Balaban J connectivity index is 2.34. The number of alkyl halides is 1. The SMILES string of the molecule is CC(C)S(=O)(=O)N(CC(C)(F)c1ccccc1)C(=O)Nc1ccc(C#N)cc1. The summed E-state index contributed by atoms with van der Waals surface area (Å²) >= 11 is 0. The van der Waals surface area contributed by atoms with Gasteiger partial charge >= 0.3 is 6.03 Å². The number of urea groups is 1. The quantitative estimate of drug-likeness (QED) is 0.789. The Morgan fingerprint density at radius 1 is 1.18 bits per heavy atom. The number of nitrogens with one attached hydrogen (secondary N) is 1. The first-order valence-corrected chi connectivity index (χ1v) is 10.2. The van der Waals surface area contributed by atoms with Crippen LogP contribution < -0.4 is 5.32 Å². The lowest BCUT2D eigenvalue weighted by molar-refractivity contribution is 0.154. The smallest absolute Gasteiger partial charge is 0.307 e. The average Bonchev–Trinajstić information content (AvgIpc) is 2.67. The predicted molar refractivity (Wildman–Crippen MR) is 106 cm³/mol. The number of nitriles is 1. The van der Waals surface area contributed by atoms with Crippen LogP contribution in [0.25, 0.3) is 0 Å². The maximum Gasteiger partial charge on any atom is 0.335 e. The summed E-state index contributed by atoms with van der Waals surface area (Å²) < 4.78 is 41.3. The molecule has 0 bridgehead atoms. The van der Waals surface area contributed by atoms with Crippen molar-refractivity contribution in [1.82, 2.24) is 4.31 Å². The molecule has 2 aromatic carbocycles. The lowest BCUT2D eigenvalue weighted by atomic mass is 9.98. The summed E-state index contributed by atoms with van der Waals surface area (Å²) in [6.07, 6.45) is 0. The van der Waals surface area contributed by atoms with Crippen LogP contribution in [0.3, 0.4) is 0 Å². The number of carbonyl (C=O) groups excluding carboxylic acids is 1. The molecular weight excluding hydrogens is 381 g/mol. The van der Waals surface area contributed by atoms with E-state index in [0.29, 0.717) is 15.6 Å². The van der Waals surface area contributed by atoms with Gasteiger partial charge in [0.1, 0.15) is 0 Å². The minimum absolute atomic E-state index is 0.269. The van der Waals surface area contributed by atoms with Gasteiger partial charge in [-0.05, 0) is 50.6 Å². The summed E-state index contributed by atoms with van der Waals surface area (Å²) in [5, 5.41) is 10.4. The number of benzene rings is 2. The molecule has 0 aliphatic rings. The van der Waals surface area contributed by atoms with Gasteiger partial charge < -0.3 is 5.32 Å². The molecule has 0 spiro atoms. The number of anilines is 1. The normalized spacial score (nSPS) is 13.4. The van der Waals surface area contributed by atoms with E-state index in [4.69, 9.17) is 5.26 Å². The molecule has 0 heterocycles. The molecule has 1 atom stereocenters. The van der Waals surface area contributed by atoms with E-state index in [-0.39, 0.29) is 5.56 Å². The molecule has 6 nitrogen and oxygen atoms in total. The fourth-order valence-electron chi connectivity index (χ4n) is 2.49. The van der Waals surface area contributed by atoms with Crippen molar-refractivity contribution in [3.05, 3.63) is 65.7 Å². The molecule has 1 N–H and O–H groups in total. The first kappa shape index (κ1) is 21.4. The maximum absolute atomic E-state index is 15.3. The van der Waals surface area contributed by atoms with Crippen LogP contribution in [-0.4, -0.2) is 30.5 Å². The standard InChI is InChI=1S/C20H22FN3O3S/c1-15(2)28(26,27)24(14-20(3,21)17-7-5-4-6-8-17)19(25)23-18-11-9-16(13-22)10-12-18/h4-12,15H,14H2,1-3H3,(H,23,25). The van der Waals surface area contributed by atoms with Crippen molar-refractivity contribution in [2.45, 2.75) is 31.7 Å². The number of carbonyl (C=O) groups is 1. The van der Waals surface area contributed by atoms with Crippen molar-refractivity contribution in [2.24, 2.45) is 0 Å². The summed E-state index contributed by atoms with van der Waals surface area (Å²) in [6.45, 7) is 3.42. The number of sulfonamides is 1. The van der Waals surface area contributed by atoms with Crippen molar-refractivity contribution in [1.29, 1.82) is 5.26 Å². The minimum atomic E-state index is -4.08. The molecule has 148 valence electrons. The molecule has 2 amide bonds. The lowest BCUT2D eigenvalue weighted by Crippen LogP contribution is -2.48. The van der Waals surface area contributed by atoms with Gasteiger partial charge in [0.25, 0.3) is 0 Å². The fourth-order valence-corrected chi connectivity index (χ4v) is 3.70. The highest BCUT2D eigenvalue weighted by Gasteiger charge is 2.38. The summed E-state index contributed by atoms with van der Waals surface area (Å²) in [4.78, 5) is 12.7. The monoisotopic (exact) mass is 403 g/mol. The lowest BCUT2D eigenvalue weighted by Gasteiger charge is -2.31. The van der Waals surface area contributed by atoms with Crippen molar-refractivity contribution in [3.63, 3.8) is 0 Å². The third kappa shape index (κ3) is 4.87. The Morgan fingerprint density at radius 2 is 1.75 bits per heavy atom. The van der Waals surface area contributed by atoms with E-state index in [9.17, 15) is 13.2 Å². The molecule has 0 aliphatic carbocycles. The first-order chi connectivity index (χ1) is 13.1. The van der Waals surface area contributed by atoms with E-state index in [0.717, 1.165) is 0 Å². The van der Waals surface area contributed by atoms with Gasteiger partial charge in [-0.25, -0.2) is 21.9 Å². The van der Waals surface area contributed by atoms with Crippen LogP contribution in [0.2, 0.25) is 0 Å². The van der Waals surface area contributed by atoms with Gasteiger partial charge in [0.2, 0.25) is 10.0 Å². The second kappa shape index (κ2) is 8.40. The molecule has 2 rings (SSSR count). The van der Waals surface area contributed by atoms with Crippen LogP contribution in [-0.2, 0) is 15.7 Å². The van der Waals surface area contributed by atoms with Crippen LogP contribution in [0.4, 0.5) is 14.9 Å². The maximum atomic E-state index is 15.3. The fraction of sp³-hybridized carbons (Fsp3) is 0.300. The number of hydrogen-bond donors (Lipinski definition) is 1. The van der Waals surface area contributed by atoms with Gasteiger partial charge in [0.05, 0.1) is 23.4 Å². The average molecular weight is 403 g/mol. The Bertz CT molecular complexity index is 966. The Hall–Kier alpha value is -2.92. The van der Waals surface area contributed by atoms with Crippen molar-refractivity contribution in [2.75, 3.05) is 11.9 Å². The Morgan fingerprint density at radius 3 is 2.25 bits per heavy atom. The van der Waals surface area contributed by atoms with Gasteiger partial charge in [-0.15, -0.1) is 0 Å². The molecule has 28 heavy (non-hydrogen) atoms. The third-order valence-electron chi connectivity index (χ3n) is 4.21. The van der Waals surface area contributed by atoms with Gasteiger partial charge in [0.15, 0.2) is 5.67 Å². The van der Waals surface area contributed by atoms with Gasteiger partial charge in [-0.2, -0.15) is 5.26 Å². The Labute approximate surface area is 164 Å². The summed E-state index contributed by atoms with van der Waals surface area (Å²) in [7, 11) is -4.08. The predicted octanol–water partition coefficient (Wildman–Crippen LogP) is 4.02. The van der Waals surface area contributed by atoms with Crippen LogP contribution in [0.1, 0.15) is 31.9 Å². The zero-order valence-electron chi connectivity index (χ0n) is 15.9. The Kier molecular flexibility index (Phi) is 6.41. The first-order valence-electron chi connectivity index (χ1n) is 8.65. The number of halogens is 1. The van der Waals surface area contributed by atoms with E-state index >= 15 is 4.39 Å². The van der Waals surface area contributed by atoms with Gasteiger partial charge in [-0.3, -0.25) is 0 Å². The van der Waals surface area contributed by atoms with Crippen molar-refractivity contribution >= 4 is 21.7 Å². The molecule has 0 fully saturated rings. The molecule has 8 heteroatoms. The highest BCUT2D eigenvalue weighted by molar-refractivity contribution is 7.90. The van der Waals surface area contributed by atoms with E-state index in [1.165, 1.54) is 45.0 Å². The molecule has 2 aromatic rings. The van der Waals surface area contributed by atoms with Crippen LogP contribution in [0, 0.1) is 11.3 Å². The zero-order valence-corrected chi connectivity index (χ0v) is 16.7. The largest absolute Gasteiger partial charge is 0.335 e. The van der Waals surface area contributed by atoms with E-state index in [1.807, 2.05) is 6.07 Å². The molecular formula is C20H22FN3O3S. The van der Waals surface area contributed by atoms with Crippen molar-refractivity contribution in [3.8, 4) is 6.07 Å². The van der Waals surface area contributed by atoms with Crippen LogP contribution in [0.5, 0.6) is 0 Å². The molecule has 1 unspecified atom stereocenters. The summed E-state index contributed by atoms with van der Waals surface area (Å²) in [5.74, 6) is 0. The molecule has 0 radical (unpaired) electrons. The second-order valence-electron chi connectivity index (χ2n) is 6.78. The number of amides is 2. The highest BCUT2D eigenvalue weighted by atomic mass is 32.2. The van der Waals surface area contributed by atoms with Gasteiger partial charge in [0, 0.05) is 5.69 Å². The summed E-state index contributed by atoms with van der Waals surface area (Å²) in [6, 6.07) is 15.0. The van der Waals surface area contributed by atoms with E-state index < -0.39 is 33.5 Å².